The largest absolute Gasteiger partial charge is 0.347 e. The van der Waals surface area contributed by atoms with E-state index in [1.54, 1.807) is 6.34 Å². The smallest absolute Gasteiger partial charge is 0.113 e. The van der Waals surface area contributed by atoms with Gasteiger partial charge in [0.15, 0.2) is 0 Å². The number of allylic oxidation sites excluding steroid dienone is 1. The van der Waals surface area contributed by atoms with Crippen LogP contribution in [0.4, 0.5) is 0 Å². The second-order valence-electron chi connectivity index (χ2n) is 2.29. The summed E-state index contributed by atoms with van der Waals surface area (Å²) in [6, 6.07) is 0. The standard InChI is InChI=1S/C6H11N3/c1-5(2)6-3-8-9-4-7-6/h3-5,8H,1-2H3,(H,7,9). The average molecular weight is 125 g/mol. The molecule has 0 radical (unpaired) electrons. The summed E-state index contributed by atoms with van der Waals surface area (Å²) in [5, 5.41) is 6.77. The van der Waals surface area contributed by atoms with E-state index in [0.29, 0.717) is 5.92 Å². The lowest BCUT2D eigenvalue weighted by atomic mass is 10.1. The number of nitrogens with one attached hydrogen (secondary N) is 2. The number of rotatable bonds is 1. The van der Waals surface area contributed by atoms with Gasteiger partial charge in [-0.3, -0.25) is 5.43 Å². The topological polar surface area (TPSA) is 36.4 Å². The molecule has 0 aliphatic carbocycles. The summed E-state index contributed by atoms with van der Waals surface area (Å²) in [6.45, 7) is 4.25. The highest BCUT2D eigenvalue weighted by Gasteiger charge is 2.01. The van der Waals surface area contributed by atoms with Crippen LogP contribution in [0.2, 0.25) is 0 Å². The number of hydrogen-bond donors (Lipinski definition) is 2. The zero-order chi connectivity index (χ0) is 6.69. The Labute approximate surface area is 54.8 Å². The van der Waals surface area contributed by atoms with Crippen molar-refractivity contribution in [2.75, 3.05) is 0 Å². The van der Waals surface area contributed by atoms with E-state index in [9.17, 15) is 0 Å². The zero-order valence-corrected chi connectivity index (χ0v) is 5.68. The Morgan fingerprint density at radius 1 is 1.56 bits per heavy atom. The number of hydrazone groups is 1. The fourth-order valence-electron chi connectivity index (χ4n) is 0.626. The molecule has 0 atom stereocenters. The molecule has 1 heterocycles. The lowest BCUT2D eigenvalue weighted by Crippen LogP contribution is -2.22. The van der Waals surface area contributed by atoms with Gasteiger partial charge in [0.25, 0.3) is 0 Å². The molecule has 2 N–H and O–H groups in total. The third kappa shape index (κ3) is 1.45. The van der Waals surface area contributed by atoms with E-state index < -0.39 is 0 Å². The van der Waals surface area contributed by atoms with E-state index in [1.165, 1.54) is 5.70 Å². The predicted molar refractivity (Wildman–Crippen MR) is 37.7 cm³/mol. The van der Waals surface area contributed by atoms with Crippen LogP contribution >= 0.6 is 0 Å². The molecular formula is C6H11N3. The molecule has 3 nitrogen and oxygen atoms in total. The van der Waals surface area contributed by atoms with Gasteiger partial charge in [0.1, 0.15) is 6.34 Å². The van der Waals surface area contributed by atoms with E-state index in [4.69, 9.17) is 0 Å². The molecule has 1 rings (SSSR count). The molecule has 0 unspecified atom stereocenters. The van der Waals surface area contributed by atoms with Crippen LogP contribution in [-0.4, -0.2) is 6.34 Å². The molecule has 0 saturated carbocycles. The Bertz CT molecular complexity index is 146. The molecule has 1 aliphatic heterocycles. The van der Waals surface area contributed by atoms with Crippen molar-refractivity contribution in [3.63, 3.8) is 0 Å². The van der Waals surface area contributed by atoms with Crippen molar-refractivity contribution < 1.29 is 0 Å². The molecular weight excluding hydrogens is 114 g/mol. The molecule has 0 spiro atoms. The second kappa shape index (κ2) is 2.53. The maximum absolute atomic E-state index is 3.75. The highest BCUT2D eigenvalue weighted by atomic mass is 15.3. The van der Waals surface area contributed by atoms with Crippen molar-refractivity contribution in [2.24, 2.45) is 11.0 Å². The Hall–Kier alpha value is -0.990. The van der Waals surface area contributed by atoms with Crippen molar-refractivity contribution >= 4 is 6.34 Å². The maximum Gasteiger partial charge on any atom is 0.113 e. The highest BCUT2D eigenvalue weighted by Crippen LogP contribution is 2.03. The lowest BCUT2D eigenvalue weighted by molar-refractivity contribution is 0.699. The van der Waals surface area contributed by atoms with Crippen LogP contribution in [0.1, 0.15) is 13.8 Å². The summed E-state index contributed by atoms with van der Waals surface area (Å²) in [6.07, 6.45) is 3.51. The predicted octanol–water partition coefficient (Wildman–Crippen LogP) is 0.620. The van der Waals surface area contributed by atoms with E-state index >= 15 is 0 Å². The summed E-state index contributed by atoms with van der Waals surface area (Å²) in [4.78, 5) is 0. The quantitative estimate of drug-likeness (QED) is 0.539. The summed E-state index contributed by atoms with van der Waals surface area (Å²) in [5.74, 6) is 0.532. The number of nitrogens with zero attached hydrogens (tertiary/aromatic N) is 1. The summed E-state index contributed by atoms with van der Waals surface area (Å²) < 4.78 is 0. The van der Waals surface area contributed by atoms with Crippen LogP contribution in [0, 0.1) is 5.92 Å². The second-order valence-corrected chi connectivity index (χ2v) is 2.29. The van der Waals surface area contributed by atoms with Crippen molar-refractivity contribution in [2.45, 2.75) is 13.8 Å². The zero-order valence-electron chi connectivity index (χ0n) is 5.68. The molecule has 9 heavy (non-hydrogen) atoms. The van der Waals surface area contributed by atoms with Gasteiger partial charge in [-0.2, -0.15) is 5.10 Å². The molecule has 0 saturated heterocycles. The van der Waals surface area contributed by atoms with Gasteiger partial charge in [-0.05, 0) is 5.92 Å². The van der Waals surface area contributed by atoms with Crippen molar-refractivity contribution in [3.8, 4) is 0 Å². The minimum absolute atomic E-state index is 0.532. The Kier molecular flexibility index (Phi) is 1.72. The SMILES string of the molecule is CC(C)C1=CNN=CN1. The molecule has 0 aromatic heterocycles. The van der Waals surface area contributed by atoms with E-state index in [1.807, 2.05) is 6.20 Å². The van der Waals surface area contributed by atoms with Gasteiger partial charge in [-0.25, -0.2) is 0 Å². The van der Waals surface area contributed by atoms with E-state index in [0.717, 1.165) is 0 Å². The Morgan fingerprint density at radius 2 is 2.33 bits per heavy atom. The summed E-state index contributed by atoms with van der Waals surface area (Å²) in [7, 11) is 0. The Balaban J connectivity index is 2.50. The van der Waals surface area contributed by atoms with Gasteiger partial charge >= 0.3 is 0 Å². The first kappa shape index (κ1) is 6.13. The molecule has 0 fully saturated rings. The minimum atomic E-state index is 0.532. The summed E-state index contributed by atoms with van der Waals surface area (Å²) in [5.41, 5.74) is 3.93. The third-order valence-electron chi connectivity index (χ3n) is 1.21. The molecule has 0 aromatic rings. The average Bonchev–Trinajstić information content (AvgIpc) is 1.90. The monoisotopic (exact) mass is 125 g/mol. The van der Waals surface area contributed by atoms with Gasteiger partial charge in [-0.15, -0.1) is 0 Å². The molecule has 0 bridgehead atoms. The van der Waals surface area contributed by atoms with Crippen LogP contribution in [-0.2, 0) is 0 Å². The van der Waals surface area contributed by atoms with Gasteiger partial charge < -0.3 is 5.32 Å². The van der Waals surface area contributed by atoms with Crippen LogP contribution in [0.15, 0.2) is 17.0 Å². The highest BCUT2D eigenvalue weighted by molar-refractivity contribution is 5.58. The molecule has 0 amide bonds. The molecule has 50 valence electrons. The fraction of sp³-hybridized carbons (Fsp3) is 0.500. The van der Waals surface area contributed by atoms with Gasteiger partial charge in [0, 0.05) is 11.9 Å². The van der Waals surface area contributed by atoms with Crippen molar-refractivity contribution in [1.29, 1.82) is 0 Å². The van der Waals surface area contributed by atoms with E-state index in [2.05, 4.69) is 29.7 Å². The van der Waals surface area contributed by atoms with Gasteiger partial charge in [0.2, 0.25) is 0 Å². The molecule has 0 aromatic carbocycles. The van der Waals surface area contributed by atoms with Gasteiger partial charge in [0.05, 0.1) is 0 Å². The first-order chi connectivity index (χ1) is 4.30. The third-order valence-corrected chi connectivity index (χ3v) is 1.21. The minimum Gasteiger partial charge on any atom is -0.347 e. The van der Waals surface area contributed by atoms with Crippen LogP contribution in [0.3, 0.4) is 0 Å². The van der Waals surface area contributed by atoms with Crippen LogP contribution in [0.5, 0.6) is 0 Å². The fourth-order valence-corrected chi connectivity index (χ4v) is 0.626. The normalized spacial score (nSPS) is 16.6. The van der Waals surface area contributed by atoms with Crippen LogP contribution < -0.4 is 10.7 Å². The van der Waals surface area contributed by atoms with Crippen molar-refractivity contribution in [1.82, 2.24) is 10.7 Å². The van der Waals surface area contributed by atoms with Crippen LogP contribution in [0.25, 0.3) is 0 Å². The van der Waals surface area contributed by atoms with Gasteiger partial charge in [-0.1, -0.05) is 13.8 Å². The van der Waals surface area contributed by atoms with E-state index in [-0.39, 0.29) is 0 Å². The first-order valence-electron chi connectivity index (χ1n) is 3.04. The number of hydrogen-bond acceptors (Lipinski definition) is 3. The molecule has 1 aliphatic rings. The molecule has 3 heteroatoms. The first-order valence-corrected chi connectivity index (χ1v) is 3.04. The Morgan fingerprint density at radius 3 is 2.67 bits per heavy atom. The summed E-state index contributed by atoms with van der Waals surface area (Å²) >= 11 is 0. The maximum atomic E-state index is 3.75. The lowest BCUT2D eigenvalue weighted by Gasteiger charge is -2.13. The van der Waals surface area contributed by atoms with Crippen molar-refractivity contribution in [3.05, 3.63) is 11.9 Å².